The van der Waals surface area contributed by atoms with Gasteiger partial charge in [-0.25, -0.2) is 4.39 Å². The van der Waals surface area contributed by atoms with E-state index in [0.29, 0.717) is 12.6 Å². The van der Waals surface area contributed by atoms with Crippen molar-refractivity contribution in [1.29, 1.82) is 5.26 Å². The number of anilines is 1. The molecule has 0 saturated carbocycles. The predicted molar refractivity (Wildman–Crippen MR) is 69.8 cm³/mol. The fourth-order valence-corrected chi connectivity index (χ4v) is 2.67. The van der Waals surface area contributed by atoms with E-state index in [-0.39, 0.29) is 5.56 Å². The van der Waals surface area contributed by atoms with E-state index in [1.807, 2.05) is 12.1 Å². The first kappa shape index (κ1) is 12.8. The van der Waals surface area contributed by atoms with Crippen LogP contribution in [0, 0.1) is 17.1 Å². The van der Waals surface area contributed by atoms with Gasteiger partial charge in [0.25, 0.3) is 0 Å². The van der Waals surface area contributed by atoms with Gasteiger partial charge in [0.15, 0.2) is 0 Å². The maximum atomic E-state index is 13.6. The Hall–Kier alpha value is -1.60. The lowest BCUT2D eigenvalue weighted by molar-refractivity contribution is 0.441. The number of piperidine rings is 1. The van der Waals surface area contributed by atoms with Crippen molar-refractivity contribution in [2.75, 3.05) is 18.0 Å². The molecule has 0 radical (unpaired) electrons. The maximum Gasteiger partial charge on any atom is 0.143 e. The summed E-state index contributed by atoms with van der Waals surface area (Å²) in [5.74, 6) is -0.438. The van der Waals surface area contributed by atoms with Crippen LogP contribution >= 0.6 is 0 Å². The van der Waals surface area contributed by atoms with Crippen LogP contribution in [0.5, 0.6) is 0 Å². The van der Waals surface area contributed by atoms with Gasteiger partial charge in [-0.3, -0.25) is 0 Å². The van der Waals surface area contributed by atoms with Crippen LogP contribution in [0.3, 0.4) is 0 Å². The lowest BCUT2D eigenvalue weighted by Crippen LogP contribution is -2.41. The van der Waals surface area contributed by atoms with Crippen LogP contribution in [0.15, 0.2) is 18.2 Å². The molecule has 0 amide bonds. The minimum Gasteiger partial charge on any atom is -0.367 e. The smallest absolute Gasteiger partial charge is 0.143 e. The van der Waals surface area contributed by atoms with E-state index in [0.717, 1.165) is 31.5 Å². The summed E-state index contributed by atoms with van der Waals surface area (Å²) in [5.41, 5.74) is 6.51. The lowest BCUT2D eigenvalue weighted by atomic mass is 9.97. The second-order valence-corrected chi connectivity index (χ2v) is 4.67. The topological polar surface area (TPSA) is 53.0 Å². The Bertz CT molecular complexity index is 451. The van der Waals surface area contributed by atoms with Crippen LogP contribution in [0.2, 0.25) is 0 Å². The summed E-state index contributed by atoms with van der Waals surface area (Å²) in [7, 11) is 0. The molecule has 0 spiro atoms. The van der Waals surface area contributed by atoms with Crippen LogP contribution in [-0.2, 0) is 0 Å². The number of rotatable bonds is 3. The van der Waals surface area contributed by atoms with Gasteiger partial charge in [0.2, 0.25) is 0 Å². The monoisotopic (exact) mass is 247 g/mol. The van der Waals surface area contributed by atoms with E-state index in [4.69, 9.17) is 11.0 Å². The van der Waals surface area contributed by atoms with Crippen molar-refractivity contribution in [2.45, 2.75) is 31.7 Å². The van der Waals surface area contributed by atoms with Gasteiger partial charge in [-0.1, -0.05) is 6.07 Å². The van der Waals surface area contributed by atoms with E-state index < -0.39 is 5.82 Å². The number of hydrogen-bond acceptors (Lipinski definition) is 3. The molecule has 1 aromatic rings. The van der Waals surface area contributed by atoms with Crippen molar-refractivity contribution in [1.82, 2.24) is 0 Å². The summed E-state index contributed by atoms with van der Waals surface area (Å²) in [5, 5.41) is 9.10. The zero-order valence-corrected chi connectivity index (χ0v) is 10.4. The summed E-state index contributed by atoms with van der Waals surface area (Å²) < 4.78 is 13.6. The highest BCUT2D eigenvalue weighted by Crippen LogP contribution is 2.30. The molecule has 1 aliphatic rings. The highest BCUT2D eigenvalue weighted by atomic mass is 19.1. The largest absolute Gasteiger partial charge is 0.367 e. The molecule has 1 unspecified atom stereocenters. The zero-order chi connectivity index (χ0) is 13.0. The van der Waals surface area contributed by atoms with E-state index in [2.05, 4.69) is 4.90 Å². The van der Waals surface area contributed by atoms with Gasteiger partial charge in [0, 0.05) is 12.6 Å². The minimum atomic E-state index is -0.438. The van der Waals surface area contributed by atoms with Crippen LogP contribution in [0.25, 0.3) is 0 Å². The Morgan fingerprint density at radius 1 is 1.44 bits per heavy atom. The van der Waals surface area contributed by atoms with Crippen molar-refractivity contribution < 1.29 is 4.39 Å². The molecule has 1 heterocycles. The third kappa shape index (κ3) is 2.46. The molecule has 1 saturated heterocycles. The molecule has 2 N–H and O–H groups in total. The Kier molecular flexibility index (Phi) is 4.16. The van der Waals surface area contributed by atoms with Crippen molar-refractivity contribution in [3.63, 3.8) is 0 Å². The summed E-state index contributed by atoms with van der Waals surface area (Å²) >= 11 is 0. The molecule has 3 nitrogen and oxygen atoms in total. The van der Waals surface area contributed by atoms with Gasteiger partial charge >= 0.3 is 0 Å². The Balaban J connectivity index is 2.34. The molecule has 0 aliphatic carbocycles. The third-order valence-electron chi connectivity index (χ3n) is 3.54. The van der Waals surface area contributed by atoms with Gasteiger partial charge in [0.05, 0.1) is 5.69 Å². The third-order valence-corrected chi connectivity index (χ3v) is 3.54. The summed E-state index contributed by atoms with van der Waals surface area (Å²) in [4.78, 5) is 2.15. The Labute approximate surface area is 107 Å². The molecule has 4 heteroatoms. The molecule has 1 atom stereocenters. The van der Waals surface area contributed by atoms with Crippen molar-refractivity contribution in [3.05, 3.63) is 29.6 Å². The molecule has 0 bridgehead atoms. The number of nitrogens with zero attached hydrogens (tertiary/aromatic N) is 2. The van der Waals surface area contributed by atoms with E-state index >= 15 is 0 Å². The quantitative estimate of drug-likeness (QED) is 0.892. The van der Waals surface area contributed by atoms with Crippen LogP contribution < -0.4 is 10.6 Å². The van der Waals surface area contributed by atoms with E-state index in [1.165, 1.54) is 12.5 Å². The summed E-state index contributed by atoms with van der Waals surface area (Å²) in [6.45, 7) is 1.50. The molecule has 2 rings (SSSR count). The van der Waals surface area contributed by atoms with Gasteiger partial charge in [0.1, 0.15) is 17.4 Å². The van der Waals surface area contributed by atoms with Gasteiger partial charge in [-0.05, 0) is 44.4 Å². The highest BCUT2D eigenvalue weighted by Gasteiger charge is 2.24. The van der Waals surface area contributed by atoms with E-state index in [1.54, 1.807) is 6.07 Å². The normalized spacial score (nSPS) is 19.6. The molecule has 1 fully saturated rings. The van der Waals surface area contributed by atoms with Gasteiger partial charge in [-0.2, -0.15) is 5.26 Å². The molecular weight excluding hydrogens is 229 g/mol. The first-order valence-electron chi connectivity index (χ1n) is 6.43. The molecule has 96 valence electrons. The zero-order valence-electron chi connectivity index (χ0n) is 10.4. The minimum absolute atomic E-state index is 0.154. The van der Waals surface area contributed by atoms with Crippen molar-refractivity contribution >= 4 is 5.69 Å². The predicted octanol–water partition coefficient (Wildman–Crippen LogP) is 2.41. The fourth-order valence-electron chi connectivity index (χ4n) is 2.67. The number of nitriles is 1. The standard InChI is InChI=1S/C14H18FN3/c15-13-5-3-6-14(12(13)10-17)18-9-2-1-4-11(18)7-8-16/h3,5-6,11H,1-2,4,7-9,16H2. The van der Waals surface area contributed by atoms with E-state index in [9.17, 15) is 4.39 Å². The fraction of sp³-hybridized carbons (Fsp3) is 0.500. The number of nitrogens with two attached hydrogens (primary N) is 1. The maximum absolute atomic E-state index is 13.6. The highest BCUT2D eigenvalue weighted by molar-refractivity contribution is 5.60. The number of halogens is 1. The molecular formula is C14H18FN3. The average Bonchev–Trinajstić information content (AvgIpc) is 2.39. The Morgan fingerprint density at radius 2 is 2.28 bits per heavy atom. The van der Waals surface area contributed by atoms with Gasteiger partial charge in [-0.15, -0.1) is 0 Å². The number of hydrogen-bond donors (Lipinski definition) is 1. The second kappa shape index (κ2) is 5.83. The molecule has 1 aliphatic heterocycles. The van der Waals surface area contributed by atoms with Crippen molar-refractivity contribution in [3.8, 4) is 6.07 Å². The molecule has 18 heavy (non-hydrogen) atoms. The summed E-state index contributed by atoms with van der Waals surface area (Å²) in [6, 6.07) is 7.14. The summed E-state index contributed by atoms with van der Waals surface area (Å²) in [6.07, 6.45) is 4.22. The average molecular weight is 247 g/mol. The second-order valence-electron chi connectivity index (χ2n) is 4.67. The number of benzene rings is 1. The molecule has 1 aromatic carbocycles. The van der Waals surface area contributed by atoms with Crippen LogP contribution in [-0.4, -0.2) is 19.1 Å². The van der Waals surface area contributed by atoms with Gasteiger partial charge < -0.3 is 10.6 Å². The van der Waals surface area contributed by atoms with Crippen LogP contribution in [0.1, 0.15) is 31.2 Å². The first-order valence-corrected chi connectivity index (χ1v) is 6.43. The van der Waals surface area contributed by atoms with Crippen LogP contribution in [0.4, 0.5) is 10.1 Å². The first-order chi connectivity index (χ1) is 8.77. The lowest BCUT2D eigenvalue weighted by Gasteiger charge is -2.38. The molecule has 0 aromatic heterocycles. The SMILES string of the molecule is N#Cc1c(F)cccc1N1CCCCC1CCN. The Morgan fingerprint density at radius 3 is 3.00 bits per heavy atom. The van der Waals surface area contributed by atoms with Crippen molar-refractivity contribution in [2.24, 2.45) is 5.73 Å².